The SMILES string of the molecule is CCc1nc2c(N)ncc(C)c2n1CCCCS(=O)c1ccc(F)cc1F. The van der Waals surface area contributed by atoms with Crippen LogP contribution in [-0.2, 0) is 23.8 Å². The predicted octanol–water partition coefficient (Wildman–Crippen LogP) is 3.75. The molecule has 2 heterocycles. The van der Waals surface area contributed by atoms with Gasteiger partial charge < -0.3 is 10.3 Å². The lowest BCUT2D eigenvalue weighted by atomic mass is 10.2. The quantitative estimate of drug-likeness (QED) is 0.622. The maximum atomic E-state index is 13.7. The summed E-state index contributed by atoms with van der Waals surface area (Å²) in [5.74, 6) is 0.229. The first-order valence-corrected chi connectivity index (χ1v) is 10.2. The van der Waals surface area contributed by atoms with E-state index in [-0.39, 0.29) is 4.90 Å². The van der Waals surface area contributed by atoms with Crippen molar-refractivity contribution < 1.29 is 13.0 Å². The molecular weight excluding hydrogens is 370 g/mol. The van der Waals surface area contributed by atoms with Gasteiger partial charge in [0.2, 0.25) is 0 Å². The fourth-order valence-corrected chi connectivity index (χ4v) is 4.33. The van der Waals surface area contributed by atoms with Crippen LogP contribution < -0.4 is 5.73 Å². The number of nitrogens with two attached hydrogens (primary N) is 1. The van der Waals surface area contributed by atoms with Crippen LogP contribution in [0, 0.1) is 18.6 Å². The van der Waals surface area contributed by atoms with Crippen molar-refractivity contribution in [3.63, 3.8) is 0 Å². The van der Waals surface area contributed by atoms with E-state index in [0.717, 1.165) is 41.9 Å². The number of benzene rings is 1. The molecule has 2 aromatic heterocycles. The van der Waals surface area contributed by atoms with Gasteiger partial charge in [-0.2, -0.15) is 0 Å². The summed E-state index contributed by atoms with van der Waals surface area (Å²) < 4.78 is 41.1. The molecule has 0 bridgehead atoms. The van der Waals surface area contributed by atoms with E-state index >= 15 is 0 Å². The first-order valence-electron chi connectivity index (χ1n) is 8.86. The minimum absolute atomic E-state index is 0.0495. The molecule has 0 spiro atoms. The number of pyridine rings is 1. The van der Waals surface area contributed by atoms with E-state index in [1.807, 2.05) is 13.8 Å². The predicted molar refractivity (Wildman–Crippen MR) is 103 cm³/mol. The van der Waals surface area contributed by atoms with Crippen molar-refractivity contribution in [1.82, 2.24) is 14.5 Å². The lowest BCUT2D eigenvalue weighted by Crippen LogP contribution is -2.07. The van der Waals surface area contributed by atoms with Gasteiger partial charge in [-0.1, -0.05) is 6.92 Å². The van der Waals surface area contributed by atoms with E-state index in [0.29, 0.717) is 30.1 Å². The minimum Gasteiger partial charge on any atom is -0.382 e. The highest BCUT2D eigenvalue weighted by atomic mass is 32.2. The van der Waals surface area contributed by atoms with Gasteiger partial charge in [-0.3, -0.25) is 4.21 Å². The number of hydrogen-bond donors (Lipinski definition) is 1. The van der Waals surface area contributed by atoms with Crippen LogP contribution in [0.1, 0.15) is 31.2 Å². The van der Waals surface area contributed by atoms with Gasteiger partial charge in [-0.25, -0.2) is 18.7 Å². The molecule has 0 radical (unpaired) electrons. The number of hydrogen-bond acceptors (Lipinski definition) is 4. The molecule has 1 atom stereocenters. The van der Waals surface area contributed by atoms with E-state index in [9.17, 15) is 13.0 Å². The smallest absolute Gasteiger partial charge is 0.151 e. The van der Waals surface area contributed by atoms with Crippen molar-refractivity contribution >= 4 is 27.7 Å². The standard InChI is InChI=1S/C19H22F2N4OS/c1-3-16-24-17-18(12(2)11-23-19(17)22)25(16)8-4-5-9-27(26)15-7-6-13(20)10-14(15)21/h6-7,10-11H,3-5,8-9H2,1-2H3,(H2,22,23). The second kappa shape index (κ2) is 8.12. The van der Waals surface area contributed by atoms with Crippen molar-refractivity contribution in [2.24, 2.45) is 0 Å². The first-order chi connectivity index (χ1) is 12.9. The highest BCUT2D eigenvalue weighted by Crippen LogP contribution is 2.24. The van der Waals surface area contributed by atoms with Crippen molar-refractivity contribution in [3.05, 3.63) is 47.4 Å². The summed E-state index contributed by atoms with van der Waals surface area (Å²) >= 11 is 0. The number of imidazole rings is 1. The summed E-state index contributed by atoms with van der Waals surface area (Å²) in [6, 6.07) is 3.14. The Morgan fingerprint density at radius 1 is 1.26 bits per heavy atom. The topological polar surface area (TPSA) is 73.8 Å². The average Bonchev–Trinajstić information content (AvgIpc) is 3.01. The first kappa shape index (κ1) is 19.4. The van der Waals surface area contributed by atoms with Crippen LogP contribution in [0.4, 0.5) is 14.6 Å². The number of fused-ring (bicyclic) bond motifs is 1. The minimum atomic E-state index is -1.49. The third-order valence-electron chi connectivity index (χ3n) is 4.48. The van der Waals surface area contributed by atoms with Gasteiger partial charge in [0.15, 0.2) is 5.82 Å². The second-order valence-corrected chi connectivity index (χ2v) is 7.93. The Balaban J connectivity index is 1.69. The van der Waals surface area contributed by atoms with Gasteiger partial charge >= 0.3 is 0 Å². The zero-order chi connectivity index (χ0) is 19.6. The maximum Gasteiger partial charge on any atom is 0.151 e. The molecule has 5 nitrogen and oxygen atoms in total. The molecular formula is C19H22F2N4OS. The molecule has 3 rings (SSSR count). The molecule has 27 heavy (non-hydrogen) atoms. The van der Waals surface area contributed by atoms with Crippen LogP contribution in [0.15, 0.2) is 29.3 Å². The molecule has 0 aliphatic rings. The summed E-state index contributed by atoms with van der Waals surface area (Å²) in [7, 11) is -1.49. The lowest BCUT2D eigenvalue weighted by molar-refractivity contribution is 0.561. The number of nitrogens with zero attached hydrogens (tertiary/aromatic N) is 3. The zero-order valence-electron chi connectivity index (χ0n) is 15.3. The fraction of sp³-hybridized carbons (Fsp3) is 0.368. The molecule has 0 saturated carbocycles. The molecule has 0 aliphatic heterocycles. The van der Waals surface area contributed by atoms with Crippen LogP contribution in [0.25, 0.3) is 11.0 Å². The average molecular weight is 392 g/mol. The van der Waals surface area contributed by atoms with Crippen molar-refractivity contribution in [1.29, 1.82) is 0 Å². The van der Waals surface area contributed by atoms with Gasteiger partial charge in [-0.05, 0) is 37.5 Å². The summed E-state index contributed by atoms with van der Waals surface area (Å²) in [4.78, 5) is 8.82. The summed E-state index contributed by atoms with van der Waals surface area (Å²) in [6.45, 7) is 4.70. The Morgan fingerprint density at radius 3 is 2.74 bits per heavy atom. The number of rotatable bonds is 7. The molecule has 1 unspecified atom stereocenters. The van der Waals surface area contributed by atoms with Gasteiger partial charge in [0, 0.05) is 31.0 Å². The van der Waals surface area contributed by atoms with E-state index in [1.165, 1.54) is 6.07 Å². The maximum absolute atomic E-state index is 13.7. The number of aromatic nitrogens is 3. The summed E-state index contributed by atoms with van der Waals surface area (Å²) in [6.07, 6.45) is 3.91. The third-order valence-corrected chi connectivity index (χ3v) is 5.96. The Hall–Kier alpha value is -2.35. The number of nitrogen functional groups attached to an aromatic ring is 1. The molecule has 3 aromatic rings. The number of anilines is 1. The number of unbranched alkanes of at least 4 members (excludes halogenated alkanes) is 1. The molecule has 144 valence electrons. The van der Waals surface area contributed by atoms with Crippen LogP contribution in [0.5, 0.6) is 0 Å². The normalized spacial score (nSPS) is 12.6. The monoisotopic (exact) mass is 392 g/mol. The molecule has 0 amide bonds. The van der Waals surface area contributed by atoms with E-state index in [1.54, 1.807) is 6.20 Å². The third kappa shape index (κ3) is 4.00. The largest absolute Gasteiger partial charge is 0.382 e. The van der Waals surface area contributed by atoms with E-state index in [2.05, 4.69) is 14.5 Å². The molecule has 2 N–H and O–H groups in total. The Morgan fingerprint density at radius 2 is 2.04 bits per heavy atom. The Bertz CT molecular complexity index is 1000. The van der Waals surface area contributed by atoms with Crippen LogP contribution in [-0.4, -0.2) is 24.5 Å². The molecule has 0 aliphatic carbocycles. The van der Waals surface area contributed by atoms with Gasteiger partial charge in [0.1, 0.15) is 23.0 Å². The van der Waals surface area contributed by atoms with Gasteiger partial charge in [0.05, 0.1) is 21.2 Å². The highest BCUT2D eigenvalue weighted by molar-refractivity contribution is 7.85. The van der Waals surface area contributed by atoms with Gasteiger partial charge in [0.25, 0.3) is 0 Å². The van der Waals surface area contributed by atoms with Crippen molar-refractivity contribution in [2.45, 2.75) is 44.6 Å². The fourth-order valence-electron chi connectivity index (χ4n) is 3.15. The van der Waals surface area contributed by atoms with E-state index in [4.69, 9.17) is 5.73 Å². The highest BCUT2D eigenvalue weighted by Gasteiger charge is 2.15. The summed E-state index contributed by atoms with van der Waals surface area (Å²) in [5.41, 5.74) is 8.65. The molecule has 0 saturated heterocycles. The van der Waals surface area contributed by atoms with E-state index < -0.39 is 22.4 Å². The second-order valence-electron chi connectivity index (χ2n) is 6.39. The van der Waals surface area contributed by atoms with Gasteiger partial charge in [-0.15, -0.1) is 0 Å². The van der Waals surface area contributed by atoms with Crippen molar-refractivity contribution in [3.8, 4) is 0 Å². The molecule has 8 heteroatoms. The number of aryl methyl sites for hydroxylation is 3. The summed E-state index contributed by atoms with van der Waals surface area (Å²) in [5, 5.41) is 0. The number of halogens is 2. The van der Waals surface area contributed by atoms with Crippen molar-refractivity contribution in [2.75, 3.05) is 11.5 Å². The zero-order valence-corrected chi connectivity index (χ0v) is 16.2. The lowest BCUT2D eigenvalue weighted by Gasteiger charge is -2.10. The van der Waals surface area contributed by atoms with Crippen LogP contribution in [0.3, 0.4) is 0 Å². The molecule has 1 aromatic carbocycles. The van der Waals surface area contributed by atoms with Crippen LogP contribution >= 0.6 is 0 Å². The Labute approximate surface area is 159 Å². The Kier molecular flexibility index (Phi) is 5.84. The van der Waals surface area contributed by atoms with Crippen LogP contribution in [0.2, 0.25) is 0 Å². The molecule has 0 fully saturated rings.